The van der Waals surface area contributed by atoms with Crippen LogP contribution in [0.4, 0.5) is 0 Å². The van der Waals surface area contributed by atoms with Crippen LogP contribution in [0.1, 0.15) is 251 Å². The fourth-order valence-corrected chi connectivity index (χ4v) is 7.79. The van der Waals surface area contributed by atoms with E-state index in [0.717, 1.165) is 37.7 Å². The minimum atomic E-state index is -1.35. The summed E-state index contributed by atoms with van der Waals surface area (Å²) in [6.07, 6.45) is 43.8. The van der Waals surface area contributed by atoms with Crippen molar-refractivity contribution in [2.75, 3.05) is 0 Å². The van der Waals surface area contributed by atoms with Crippen molar-refractivity contribution >= 4 is 35.0 Å². The van der Waals surface area contributed by atoms with E-state index in [0.29, 0.717) is 12.0 Å². The molecule has 0 aliphatic heterocycles. The first kappa shape index (κ1) is 54.7. The molecule has 7 heteroatoms. The van der Waals surface area contributed by atoms with Crippen molar-refractivity contribution in [3.8, 4) is 11.5 Å². The van der Waals surface area contributed by atoms with Crippen LogP contribution < -0.4 is 10.2 Å². The van der Waals surface area contributed by atoms with Crippen molar-refractivity contribution in [1.82, 2.24) is 0 Å². The third kappa shape index (κ3) is 29.6. The maximum Gasteiger partial charge on any atom is 2.00 e. The van der Waals surface area contributed by atoms with Crippen LogP contribution >= 0.6 is 0 Å². The Labute approximate surface area is 365 Å². The topological polar surface area (TPSA) is 121 Å². The smallest absolute Gasteiger partial charge is 0.872 e. The van der Waals surface area contributed by atoms with Crippen LogP contribution in [-0.2, 0) is 12.8 Å². The number of carboxylic acids is 2. The molecule has 6 nitrogen and oxygen atoms in total. The summed E-state index contributed by atoms with van der Waals surface area (Å²) >= 11 is 0. The van der Waals surface area contributed by atoms with Gasteiger partial charge in [0, 0.05) is 0 Å². The number of benzene rings is 2. The molecule has 57 heavy (non-hydrogen) atoms. The van der Waals surface area contributed by atoms with Crippen molar-refractivity contribution in [1.29, 1.82) is 0 Å². The minimum Gasteiger partial charge on any atom is -0.872 e. The van der Waals surface area contributed by atoms with Crippen molar-refractivity contribution in [3.05, 3.63) is 58.7 Å². The second kappa shape index (κ2) is 39.2. The molecule has 2 aromatic rings. The molecule has 0 saturated heterocycles. The first-order chi connectivity index (χ1) is 27.3. The Hall–Kier alpha value is -2.25. The third-order valence-electron chi connectivity index (χ3n) is 11.3. The van der Waals surface area contributed by atoms with Gasteiger partial charge < -0.3 is 25.2 Å². The van der Waals surface area contributed by atoms with Crippen molar-refractivity contribution in [3.63, 3.8) is 0 Å². The van der Waals surface area contributed by atoms with Gasteiger partial charge in [0.1, 0.15) is 11.3 Å². The Morgan fingerprint density at radius 2 is 0.737 bits per heavy atom. The van der Waals surface area contributed by atoms with Gasteiger partial charge in [-0.3, -0.25) is 0 Å². The summed E-state index contributed by atoms with van der Waals surface area (Å²) < 4.78 is 0. The molecule has 0 heterocycles. The van der Waals surface area contributed by atoms with Gasteiger partial charge in [-0.15, -0.1) is 0 Å². The van der Waals surface area contributed by atoms with E-state index in [-0.39, 0.29) is 39.9 Å². The Bertz CT molecular complexity index is 1150. The van der Waals surface area contributed by atoms with E-state index in [1.165, 1.54) is 192 Å². The molecule has 0 saturated carbocycles. The molecule has 2 rings (SSSR count). The molecule has 0 unspecified atom stereocenters. The number of hydrogen-bond donors (Lipinski definition) is 2. The Kier molecular flexibility index (Phi) is 37.7. The fourth-order valence-electron chi connectivity index (χ4n) is 7.79. The molecule has 0 aliphatic carbocycles. The number of aromatic hydroxyl groups is 1. The van der Waals surface area contributed by atoms with Gasteiger partial charge >= 0.3 is 29.0 Å². The molecule has 0 atom stereocenters. The van der Waals surface area contributed by atoms with Gasteiger partial charge in [-0.05, 0) is 48.4 Å². The Morgan fingerprint density at radius 1 is 0.456 bits per heavy atom. The molecule has 2 aromatic carbocycles. The molecule has 0 aliphatic rings. The maximum absolute atomic E-state index is 11.6. The van der Waals surface area contributed by atoms with Gasteiger partial charge in [0.2, 0.25) is 0 Å². The van der Waals surface area contributed by atoms with E-state index in [4.69, 9.17) is 0 Å². The average molecular weight is 804 g/mol. The minimum absolute atomic E-state index is 0. The predicted molar refractivity (Wildman–Crippen MR) is 238 cm³/mol. The summed E-state index contributed by atoms with van der Waals surface area (Å²) in [4.78, 5) is 22.4. The van der Waals surface area contributed by atoms with Gasteiger partial charge in [-0.1, -0.05) is 243 Å². The van der Waals surface area contributed by atoms with Crippen LogP contribution in [-0.4, -0.2) is 45.2 Å². The van der Waals surface area contributed by atoms with Crippen LogP contribution in [0, 0.1) is 0 Å². The molecule has 0 bridgehead atoms. The van der Waals surface area contributed by atoms with Crippen molar-refractivity contribution < 1.29 is 30.0 Å². The van der Waals surface area contributed by atoms with E-state index in [1.54, 1.807) is 18.2 Å². The normalized spacial score (nSPS) is 10.8. The van der Waals surface area contributed by atoms with E-state index in [9.17, 15) is 30.0 Å². The van der Waals surface area contributed by atoms with Gasteiger partial charge in [0.05, 0.1) is 5.97 Å². The summed E-state index contributed by atoms with van der Waals surface area (Å²) in [7, 11) is 0. The molecular weight excluding hydrogens is 721 g/mol. The van der Waals surface area contributed by atoms with E-state index >= 15 is 0 Å². The van der Waals surface area contributed by atoms with E-state index in [1.807, 2.05) is 6.07 Å². The molecule has 2 N–H and O–H groups in total. The standard InChI is InChI=1S/2C25H42O3.Mg/c2*1-2-3-4-5-6-7-8-9-10-11-12-13-14-15-16-17-19-22-20-18-21-23(26)24(22)25(27)28;/h2*18,20-21,26H,2-17,19H2,1H3,(H,27,28);/q;;+2/p-2. The zero-order chi connectivity index (χ0) is 40.9. The zero-order valence-electron chi connectivity index (χ0n) is 36.7. The molecule has 320 valence electrons. The monoisotopic (exact) mass is 803 g/mol. The second-order valence-electron chi connectivity index (χ2n) is 16.3. The predicted octanol–water partition coefficient (Wildman–Crippen LogP) is 13.4. The van der Waals surface area contributed by atoms with E-state index < -0.39 is 17.7 Å². The molecule has 0 fully saturated rings. The van der Waals surface area contributed by atoms with Crippen LogP contribution in [0.3, 0.4) is 0 Å². The van der Waals surface area contributed by atoms with Crippen LogP contribution in [0.25, 0.3) is 0 Å². The summed E-state index contributed by atoms with van der Waals surface area (Å²) in [5.41, 5.74) is 1.29. The summed E-state index contributed by atoms with van der Waals surface area (Å²) in [6, 6.07) is 9.65. The molecule has 0 radical (unpaired) electrons. The summed E-state index contributed by atoms with van der Waals surface area (Å²) in [6.45, 7) is 4.54. The zero-order valence-corrected chi connectivity index (χ0v) is 38.2. The van der Waals surface area contributed by atoms with Crippen LogP contribution in [0.15, 0.2) is 36.4 Å². The SMILES string of the molecule is CCCCCCCCCCCCCCCCCCc1cccc(O)c1C(=O)O.CCCCCCCCCCCCCCCCCCc1cccc([O-])c1C(=O)[O-].[Mg+2]. The number of carbonyl (C=O) groups excluding carboxylic acids is 1. The summed E-state index contributed by atoms with van der Waals surface area (Å²) in [5, 5.41) is 41.7. The van der Waals surface area contributed by atoms with Gasteiger partial charge in [-0.2, -0.15) is 0 Å². The largest absolute Gasteiger partial charge is 2.00 e. The molecule has 0 aromatic heterocycles. The average Bonchev–Trinajstić information content (AvgIpc) is 3.17. The van der Waals surface area contributed by atoms with Crippen LogP contribution in [0.2, 0.25) is 0 Å². The number of carbonyl (C=O) groups is 2. The molecule has 0 spiro atoms. The number of aromatic carboxylic acids is 2. The third-order valence-corrected chi connectivity index (χ3v) is 11.3. The number of aryl methyl sites for hydroxylation is 2. The molecular formula is C50H82MgO6. The quantitative estimate of drug-likeness (QED) is 0.0523. The fraction of sp³-hybridized carbons (Fsp3) is 0.720. The number of phenols is 1. The number of unbranched alkanes of at least 4 members (excludes halogenated alkanes) is 30. The van der Waals surface area contributed by atoms with Crippen molar-refractivity contribution in [2.45, 2.75) is 232 Å². The number of carboxylic acid groups (broad SMARTS) is 2. The van der Waals surface area contributed by atoms with Crippen molar-refractivity contribution in [2.24, 2.45) is 0 Å². The van der Waals surface area contributed by atoms with Gasteiger partial charge in [0.25, 0.3) is 0 Å². The second-order valence-corrected chi connectivity index (χ2v) is 16.3. The molecule has 0 amide bonds. The Balaban J connectivity index is 0.00000108. The van der Waals surface area contributed by atoms with Crippen LogP contribution in [0.5, 0.6) is 11.5 Å². The number of rotatable bonds is 36. The Morgan fingerprint density at radius 3 is 1.04 bits per heavy atom. The summed E-state index contributed by atoms with van der Waals surface area (Å²) in [5.74, 6) is -2.95. The van der Waals surface area contributed by atoms with Gasteiger partial charge in [0.15, 0.2) is 0 Å². The maximum atomic E-state index is 11.6. The van der Waals surface area contributed by atoms with Gasteiger partial charge in [-0.25, -0.2) is 4.79 Å². The first-order valence-electron chi connectivity index (χ1n) is 23.4. The number of hydrogen-bond acceptors (Lipinski definition) is 5. The van der Waals surface area contributed by atoms with E-state index in [2.05, 4.69) is 13.8 Å². The first-order valence-corrected chi connectivity index (χ1v) is 23.4.